The largest absolute Gasteiger partial charge is 0.496 e. The summed E-state index contributed by atoms with van der Waals surface area (Å²) in [5.41, 5.74) is 2.68. The molecule has 0 atom stereocenters. The quantitative estimate of drug-likeness (QED) is 0.490. The molecule has 5 heteroatoms. The molecule has 0 saturated heterocycles. The van der Waals surface area contributed by atoms with Crippen LogP contribution in [0.25, 0.3) is 0 Å². The maximum Gasteiger partial charge on any atom is 0.269 e. The Kier molecular flexibility index (Phi) is 4.03. The Labute approximate surface area is 122 Å². The fraction of sp³-hybridized carbons (Fsp3) is 0.188. The number of rotatable bonds is 4. The van der Waals surface area contributed by atoms with E-state index in [2.05, 4.69) is 0 Å². The van der Waals surface area contributed by atoms with E-state index in [4.69, 9.17) is 4.74 Å². The zero-order valence-corrected chi connectivity index (χ0v) is 12.0. The van der Waals surface area contributed by atoms with Gasteiger partial charge >= 0.3 is 0 Å². The van der Waals surface area contributed by atoms with E-state index in [1.165, 1.54) is 24.3 Å². The van der Waals surface area contributed by atoms with Crippen LogP contribution in [0.2, 0.25) is 0 Å². The average Bonchev–Trinajstić information content (AvgIpc) is 2.46. The van der Waals surface area contributed by atoms with Gasteiger partial charge in [-0.05, 0) is 49.2 Å². The van der Waals surface area contributed by atoms with Gasteiger partial charge in [0.15, 0.2) is 5.78 Å². The lowest BCUT2D eigenvalue weighted by molar-refractivity contribution is -0.384. The lowest BCUT2D eigenvalue weighted by atomic mass is 9.98. The van der Waals surface area contributed by atoms with E-state index < -0.39 is 4.92 Å². The second-order valence-electron chi connectivity index (χ2n) is 4.78. The standard InChI is InChI=1S/C16H15NO4/c1-10-8-13(9-11(2)16(10)21-3)15(18)12-4-6-14(7-5-12)17(19)20/h4-9H,1-3H3. The van der Waals surface area contributed by atoms with Crippen LogP contribution in [0, 0.1) is 24.0 Å². The molecule has 0 N–H and O–H groups in total. The van der Waals surface area contributed by atoms with Crippen molar-refractivity contribution in [3.8, 4) is 5.75 Å². The SMILES string of the molecule is COc1c(C)cc(C(=O)c2ccc([N+](=O)[O-])cc2)cc1C. The normalized spacial score (nSPS) is 10.2. The summed E-state index contributed by atoms with van der Waals surface area (Å²) in [5, 5.41) is 10.6. The Balaban J connectivity index is 2.38. The van der Waals surface area contributed by atoms with Crippen LogP contribution in [0.5, 0.6) is 5.75 Å². The lowest BCUT2D eigenvalue weighted by Gasteiger charge is -2.10. The molecule has 0 fully saturated rings. The number of methoxy groups -OCH3 is 1. The third-order valence-corrected chi connectivity index (χ3v) is 3.27. The Hall–Kier alpha value is -2.69. The molecule has 0 aliphatic heterocycles. The fourth-order valence-corrected chi connectivity index (χ4v) is 2.30. The Bertz CT molecular complexity index is 682. The van der Waals surface area contributed by atoms with E-state index in [1.54, 1.807) is 19.2 Å². The molecular weight excluding hydrogens is 270 g/mol. The number of nitro groups is 1. The number of nitrogens with zero attached hydrogens (tertiary/aromatic N) is 1. The molecule has 21 heavy (non-hydrogen) atoms. The minimum atomic E-state index is -0.490. The van der Waals surface area contributed by atoms with Crippen LogP contribution in [0.4, 0.5) is 5.69 Å². The number of ketones is 1. The van der Waals surface area contributed by atoms with E-state index in [-0.39, 0.29) is 11.5 Å². The number of aryl methyl sites for hydroxylation is 2. The Morgan fingerprint density at radius 2 is 1.57 bits per heavy atom. The highest BCUT2D eigenvalue weighted by molar-refractivity contribution is 6.09. The molecule has 0 aliphatic rings. The summed E-state index contributed by atoms with van der Waals surface area (Å²) >= 11 is 0. The molecule has 2 aromatic rings. The van der Waals surface area contributed by atoms with Gasteiger partial charge in [-0.3, -0.25) is 14.9 Å². The molecule has 0 saturated carbocycles. The summed E-state index contributed by atoms with van der Waals surface area (Å²) in [4.78, 5) is 22.5. The third-order valence-electron chi connectivity index (χ3n) is 3.27. The van der Waals surface area contributed by atoms with Crippen LogP contribution in [-0.4, -0.2) is 17.8 Å². The van der Waals surface area contributed by atoms with Gasteiger partial charge in [0.25, 0.3) is 5.69 Å². The fourth-order valence-electron chi connectivity index (χ4n) is 2.30. The minimum absolute atomic E-state index is 0.0337. The van der Waals surface area contributed by atoms with E-state index in [0.717, 1.165) is 16.9 Å². The molecule has 0 bridgehead atoms. The van der Waals surface area contributed by atoms with Crippen LogP contribution in [0.15, 0.2) is 36.4 Å². The molecule has 0 unspecified atom stereocenters. The van der Waals surface area contributed by atoms with Crippen molar-refractivity contribution in [3.63, 3.8) is 0 Å². The third kappa shape index (κ3) is 2.91. The highest BCUT2D eigenvalue weighted by Crippen LogP contribution is 2.26. The first kappa shape index (κ1) is 14.7. The van der Waals surface area contributed by atoms with Gasteiger partial charge in [-0.15, -0.1) is 0 Å². The minimum Gasteiger partial charge on any atom is -0.496 e. The van der Waals surface area contributed by atoms with Gasteiger partial charge < -0.3 is 4.74 Å². The predicted molar refractivity (Wildman–Crippen MR) is 79.0 cm³/mol. The first-order valence-electron chi connectivity index (χ1n) is 6.38. The number of benzene rings is 2. The molecule has 0 radical (unpaired) electrons. The number of carbonyl (C=O) groups excluding carboxylic acids is 1. The van der Waals surface area contributed by atoms with Crippen molar-refractivity contribution in [1.29, 1.82) is 0 Å². The van der Waals surface area contributed by atoms with Gasteiger partial charge in [0.05, 0.1) is 12.0 Å². The summed E-state index contributed by atoms with van der Waals surface area (Å²) in [6, 6.07) is 9.11. The monoisotopic (exact) mass is 285 g/mol. The molecule has 0 amide bonds. The number of hydrogen-bond donors (Lipinski definition) is 0. The van der Waals surface area contributed by atoms with Gasteiger partial charge in [0.1, 0.15) is 5.75 Å². The van der Waals surface area contributed by atoms with Crippen molar-refractivity contribution in [2.24, 2.45) is 0 Å². The molecule has 0 aliphatic carbocycles. The number of hydrogen-bond acceptors (Lipinski definition) is 4. The number of ether oxygens (including phenoxy) is 1. The highest BCUT2D eigenvalue weighted by atomic mass is 16.6. The smallest absolute Gasteiger partial charge is 0.269 e. The summed E-state index contributed by atoms with van der Waals surface area (Å²) in [7, 11) is 1.59. The van der Waals surface area contributed by atoms with Gasteiger partial charge in [0.2, 0.25) is 0 Å². The van der Waals surface area contributed by atoms with E-state index in [0.29, 0.717) is 11.1 Å². The predicted octanol–water partition coefficient (Wildman–Crippen LogP) is 3.45. The van der Waals surface area contributed by atoms with Crippen molar-refractivity contribution in [2.45, 2.75) is 13.8 Å². The van der Waals surface area contributed by atoms with Crippen LogP contribution >= 0.6 is 0 Å². The topological polar surface area (TPSA) is 69.4 Å². The van der Waals surface area contributed by atoms with Gasteiger partial charge in [-0.1, -0.05) is 0 Å². The molecule has 0 aromatic heterocycles. The molecule has 108 valence electrons. The van der Waals surface area contributed by atoms with Gasteiger partial charge in [-0.2, -0.15) is 0 Å². The van der Waals surface area contributed by atoms with Crippen LogP contribution < -0.4 is 4.74 Å². The molecule has 2 aromatic carbocycles. The second kappa shape index (κ2) is 5.75. The first-order chi connectivity index (χ1) is 9.93. The second-order valence-corrected chi connectivity index (χ2v) is 4.78. The zero-order chi connectivity index (χ0) is 15.6. The summed E-state index contributed by atoms with van der Waals surface area (Å²) in [6.07, 6.45) is 0. The summed E-state index contributed by atoms with van der Waals surface area (Å²) in [5.74, 6) is 0.592. The molecule has 5 nitrogen and oxygen atoms in total. The van der Waals surface area contributed by atoms with Crippen molar-refractivity contribution < 1.29 is 14.5 Å². The van der Waals surface area contributed by atoms with Crippen LogP contribution in [-0.2, 0) is 0 Å². The number of non-ortho nitro benzene ring substituents is 1. The Morgan fingerprint density at radius 3 is 2.00 bits per heavy atom. The summed E-state index contributed by atoms with van der Waals surface area (Å²) < 4.78 is 5.27. The van der Waals surface area contributed by atoms with Crippen molar-refractivity contribution >= 4 is 11.5 Å². The number of nitro benzene ring substituents is 1. The van der Waals surface area contributed by atoms with E-state index in [9.17, 15) is 14.9 Å². The highest BCUT2D eigenvalue weighted by Gasteiger charge is 2.14. The lowest BCUT2D eigenvalue weighted by Crippen LogP contribution is -2.04. The maximum atomic E-state index is 12.4. The van der Waals surface area contributed by atoms with Gasteiger partial charge in [-0.25, -0.2) is 0 Å². The first-order valence-corrected chi connectivity index (χ1v) is 6.38. The van der Waals surface area contributed by atoms with Crippen molar-refractivity contribution in [2.75, 3.05) is 7.11 Å². The Morgan fingerprint density at radius 1 is 1.05 bits per heavy atom. The molecular formula is C16H15NO4. The van der Waals surface area contributed by atoms with Crippen molar-refractivity contribution in [3.05, 3.63) is 68.8 Å². The molecule has 2 rings (SSSR count). The maximum absolute atomic E-state index is 12.4. The van der Waals surface area contributed by atoms with Crippen LogP contribution in [0.3, 0.4) is 0 Å². The van der Waals surface area contributed by atoms with E-state index >= 15 is 0 Å². The zero-order valence-electron chi connectivity index (χ0n) is 12.0. The summed E-state index contributed by atoms with van der Waals surface area (Å²) in [6.45, 7) is 3.75. The van der Waals surface area contributed by atoms with Crippen LogP contribution in [0.1, 0.15) is 27.0 Å². The van der Waals surface area contributed by atoms with Crippen molar-refractivity contribution in [1.82, 2.24) is 0 Å². The number of carbonyl (C=O) groups is 1. The van der Waals surface area contributed by atoms with E-state index in [1.807, 2.05) is 13.8 Å². The molecule has 0 heterocycles. The van der Waals surface area contributed by atoms with Gasteiger partial charge in [0, 0.05) is 23.3 Å². The average molecular weight is 285 g/mol. The molecule has 0 spiro atoms.